The largest absolute Gasteiger partial charge is 0.347 e. The average molecular weight is 417 g/mol. The summed E-state index contributed by atoms with van der Waals surface area (Å²) in [5.41, 5.74) is 3.88. The predicted molar refractivity (Wildman–Crippen MR) is 121 cm³/mol. The van der Waals surface area contributed by atoms with Crippen molar-refractivity contribution in [3.05, 3.63) is 94.6 Å². The van der Waals surface area contributed by atoms with Crippen LogP contribution in [-0.4, -0.2) is 20.7 Å². The molecule has 0 saturated carbocycles. The second-order valence-corrected chi connectivity index (χ2v) is 8.34. The van der Waals surface area contributed by atoms with Crippen LogP contribution in [0.2, 0.25) is 0 Å². The standard InChI is InChI=1S/C24H24N4OS/c1-17(20-11-7-4-8-12-20)16-28-14-13-21(27-28)24-26-18(2)22(30-24)23(29)25-15-19-9-5-3-6-10-19/h3-14,17H,15-16H2,1-2H3,(H,25,29). The van der Waals surface area contributed by atoms with E-state index in [0.717, 1.165) is 28.5 Å². The highest BCUT2D eigenvalue weighted by Gasteiger charge is 2.18. The molecule has 1 amide bonds. The first-order chi connectivity index (χ1) is 14.6. The lowest BCUT2D eigenvalue weighted by molar-refractivity contribution is 0.0954. The Morgan fingerprint density at radius 1 is 1.07 bits per heavy atom. The zero-order valence-electron chi connectivity index (χ0n) is 17.1. The molecule has 1 N–H and O–H groups in total. The fourth-order valence-electron chi connectivity index (χ4n) is 3.32. The van der Waals surface area contributed by atoms with Crippen LogP contribution >= 0.6 is 11.3 Å². The van der Waals surface area contributed by atoms with Crippen LogP contribution in [0.4, 0.5) is 0 Å². The van der Waals surface area contributed by atoms with Crippen LogP contribution in [-0.2, 0) is 13.1 Å². The molecule has 6 heteroatoms. The van der Waals surface area contributed by atoms with Gasteiger partial charge in [0.05, 0.1) is 5.69 Å². The third-order valence-corrected chi connectivity index (χ3v) is 6.17. The van der Waals surface area contributed by atoms with E-state index in [2.05, 4.69) is 46.6 Å². The van der Waals surface area contributed by atoms with Gasteiger partial charge in [-0.2, -0.15) is 5.10 Å². The number of benzene rings is 2. The molecule has 5 nitrogen and oxygen atoms in total. The molecule has 0 spiro atoms. The Morgan fingerprint density at radius 2 is 1.77 bits per heavy atom. The predicted octanol–water partition coefficient (Wildman–Crippen LogP) is 5.05. The summed E-state index contributed by atoms with van der Waals surface area (Å²) < 4.78 is 1.94. The first-order valence-corrected chi connectivity index (χ1v) is 10.8. The Balaban J connectivity index is 1.43. The van der Waals surface area contributed by atoms with Gasteiger partial charge in [0.1, 0.15) is 15.6 Å². The number of amides is 1. The number of carbonyl (C=O) groups is 1. The Bertz CT molecular complexity index is 1120. The van der Waals surface area contributed by atoms with Crippen LogP contribution in [0, 0.1) is 6.92 Å². The zero-order chi connectivity index (χ0) is 20.9. The number of carbonyl (C=O) groups excluding carboxylic acids is 1. The lowest BCUT2D eigenvalue weighted by atomic mass is 10.0. The first kappa shape index (κ1) is 20.0. The van der Waals surface area contributed by atoms with Gasteiger partial charge >= 0.3 is 0 Å². The molecule has 1 atom stereocenters. The minimum Gasteiger partial charge on any atom is -0.347 e. The van der Waals surface area contributed by atoms with Crippen molar-refractivity contribution in [3.63, 3.8) is 0 Å². The maximum absolute atomic E-state index is 12.6. The molecule has 1 unspecified atom stereocenters. The van der Waals surface area contributed by atoms with E-state index in [-0.39, 0.29) is 5.91 Å². The molecule has 0 aliphatic rings. The van der Waals surface area contributed by atoms with E-state index in [0.29, 0.717) is 17.3 Å². The van der Waals surface area contributed by atoms with Crippen LogP contribution in [0.1, 0.15) is 39.3 Å². The first-order valence-electron chi connectivity index (χ1n) is 9.98. The van der Waals surface area contributed by atoms with Crippen molar-refractivity contribution in [2.45, 2.75) is 32.9 Å². The highest BCUT2D eigenvalue weighted by molar-refractivity contribution is 7.17. The second kappa shape index (κ2) is 9.05. The third kappa shape index (κ3) is 4.66. The van der Waals surface area contributed by atoms with Gasteiger partial charge in [-0.15, -0.1) is 11.3 Å². The lowest BCUT2D eigenvalue weighted by Crippen LogP contribution is -2.22. The second-order valence-electron chi connectivity index (χ2n) is 7.34. The number of nitrogens with one attached hydrogen (secondary N) is 1. The number of hydrogen-bond donors (Lipinski definition) is 1. The molecule has 0 aliphatic heterocycles. The summed E-state index contributed by atoms with van der Waals surface area (Å²) in [4.78, 5) is 17.8. The summed E-state index contributed by atoms with van der Waals surface area (Å²) in [5.74, 6) is 0.258. The Labute approximate surface area is 180 Å². The summed E-state index contributed by atoms with van der Waals surface area (Å²) in [6.07, 6.45) is 1.97. The zero-order valence-corrected chi connectivity index (χ0v) is 17.9. The van der Waals surface area contributed by atoms with Crippen molar-refractivity contribution in [1.29, 1.82) is 0 Å². The smallest absolute Gasteiger partial charge is 0.263 e. The van der Waals surface area contributed by atoms with Crippen LogP contribution < -0.4 is 5.32 Å². The van der Waals surface area contributed by atoms with E-state index in [1.165, 1.54) is 16.9 Å². The van der Waals surface area contributed by atoms with Gasteiger partial charge in [-0.05, 0) is 24.1 Å². The molecule has 0 fully saturated rings. The van der Waals surface area contributed by atoms with Crippen molar-refractivity contribution in [1.82, 2.24) is 20.1 Å². The van der Waals surface area contributed by atoms with Crippen molar-refractivity contribution in [2.75, 3.05) is 0 Å². The van der Waals surface area contributed by atoms with Gasteiger partial charge in [-0.25, -0.2) is 4.98 Å². The third-order valence-electron chi connectivity index (χ3n) is 4.99. The monoisotopic (exact) mass is 416 g/mol. The van der Waals surface area contributed by atoms with E-state index in [4.69, 9.17) is 0 Å². The van der Waals surface area contributed by atoms with Crippen molar-refractivity contribution in [2.24, 2.45) is 0 Å². The Hall–Kier alpha value is -3.25. The van der Waals surface area contributed by atoms with E-state index < -0.39 is 0 Å². The molecule has 4 aromatic rings. The summed E-state index contributed by atoms with van der Waals surface area (Å²) >= 11 is 1.39. The Kier molecular flexibility index (Phi) is 6.05. The van der Waals surface area contributed by atoms with Gasteiger partial charge in [0.15, 0.2) is 0 Å². The van der Waals surface area contributed by atoms with E-state index >= 15 is 0 Å². The highest BCUT2D eigenvalue weighted by atomic mass is 32.1. The topological polar surface area (TPSA) is 59.8 Å². The molecule has 2 heterocycles. The van der Waals surface area contributed by atoms with E-state index in [9.17, 15) is 4.79 Å². The molecule has 152 valence electrons. The minimum absolute atomic E-state index is 0.0998. The molecule has 2 aromatic heterocycles. The number of rotatable bonds is 7. The van der Waals surface area contributed by atoms with E-state index in [1.807, 2.05) is 60.3 Å². The molecule has 30 heavy (non-hydrogen) atoms. The van der Waals surface area contributed by atoms with Gasteiger partial charge in [-0.3, -0.25) is 9.48 Å². The minimum atomic E-state index is -0.0998. The van der Waals surface area contributed by atoms with Crippen LogP contribution in [0.3, 0.4) is 0 Å². The maximum atomic E-state index is 12.6. The molecule has 0 aliphatic carbocycles. The van der Waals surface area contributed by atoms with E-state index in [1.54, 1.807) is 0 Å². The molecule has 0 saturated heterocycles. The molecular weight excluding hydrogens is 392 g/mol. The fraction of sp³-hybridized carbons (Fsp3) is 0.208. The summed E-state index contributed by atoms with van der Waals surface area (Å²) in [5, 5.41) is 8.43. The quantitative estimate of drug-likeness (QED) is 0.459. The normalized spacial score (nSPS) is 11.9. The van der Waals surface area contributed by atoms with Crippen LogP contribution in [0.15, 0.2) is 72.9 Å². The van der Waals surface area contributed by atoms with Crippen molar-refractivity contribution in [3.8, 4) is 10.7 Å². The number of hydrogen-bond acceptors (Lipinski definition) is 4. The van der Waals surface area contributed by atoms with Crippen LogP contribution in [0.25, 0.3) is 10.7 Å². The number of thiazole rings is 1. The molecule has 0 bridgehead atoms. The lowest BCUT2D eigenvalue weighted by Gasteiger charge is -2.11. The molecule has 4 rings (SSSR count). The van der Waals surface area contributed by atoms with Crippen molar-refractivity contribution < 1.29 is 4.79 Å². The number of aryl methyl sites for hydroxylation is 1. The fourth-order valence-corrected chi connectivity index (χ4v) is 4.27. The molecule has 2 aromatic carbocycles. The molecular formula is C24H24N4OS. The van der Waals surface area contributed by atoms with Gasteiger partial charge in [0.2, 0.25) is 0 Å². The number of aromatic nitrogens is 3. The Morgan fingerprint density at radius 3 is 2.50 bits per heavy atom. The maximum Gasteiger partial charge on any atom is 0.263 e. The average Bonchev–Trinajstić information content (AvgIpc) is 3.40. The summed E-state index contributed by atoms with van der Waals surface area (Å²) in [6, 6.07) is 22.3. The van der Waals surface area contributed by atoms with Crippen LogP contribution in [0.5, 0.6) is 0 Å². The SMILES string of the molecule is Cc1nc(-c2ccn(CC(C)c3ccccc3)n2)sc1C(=O)NCc1ccccc1. The number of nitrogens with zero attached hydrogens (tertiary/aromatic N) is 3. The summed E-state index contributed by atoms with van der Waals surface area (Å²) in [7, 11) is 0. The van der Waals surface area contributed by atoms with Gasteiger partial charge in [0.25, 0.3) is 5.91 Å². The molecule has 0 radical (unpaired) electrons. The highest BCUT2D eigenvalue weighted by Crippen LogP contribution is 2.27. The van der Waals surface area contributed by atoms with Gasteiger partial charge in [0, 0.05) is 25.2 Å². The summed E-state index contributed by atoms with van der Waals surface area (Å²) in [6.45, 7) is 5.35. The van der Waals surface area contributed by atoms with Crippen molar-refractivity contribution >= 4 is 17.2 Å². The van der Waals surface area contributed by atoms with Gasteiger partial charge in [-0.1, -0.05) is 67.6 Å². The van der Waals surface area contributed by atoms with Gasteiger partial charge < -0.3 is 5.32 Å².